The number of hydrogen-bond acceptors (Lipinski definition) is 6. The lowest BCUT2D eigenvalue weighted by Crippen LogP contribution is -2.19. The van der Waals surface area contributed by atoms with Gasteiger partial charge in [-0.2, -0.15) is 12.6 Å². The van der Waals surface area contributed by atoms with Crippen molar-refractivity contribution in [2.45, 2.75) is 152 Å². The number of aryl methyl sites for hydroxylation is 1. The molecule has 282 valence electrons. The summed E-state index contributed by atoms with van der Waals surface area (Å²) in [6.07, 6.45) is 12.6. The molecular weight excluding hydrogens is 759 g/mol. The monoisotopic (exact) mass is 815 g/mol. The number of aromatic nitrogens is 1. The minimum Gasteiger partial charge on any atom is -0.339 e. The van der Waals surface area contributed by atoms with Crippen LogP contribution in [0.15, 0.2) is 68.1 Å². The molecule has 2 aromatic carbocycles. The van der Waals surface area contributed by atoms with E-state index in [1.54, 1.807) is 4.88 Å². The molecule has 3 aromatic heterocycles. The highest BCUT2D eigenvalue weighted by Crippen LogP contribution is 2.58. The zero-order valence-corrected chi connectivity index (χ0v) is 38.0. The second kappa shape index (κ2) is 16.2. The maximum atomic E-state index is 6.18. The van der Waals surface area contributed by atoms with Gasteiger partial charge >= 0.3 is 0 Å². The van der Waals surface area contributed by atoms with Gasteiger partial charge in [0.05, 0.1) is 30.5 Å². The molecule has 2 atom stereocenters. The van der Waals surface area contributed by atoms with Crippen LogP contribution in [0.4, 0.5) is 0 Å². The Morgan fingerprint density at radius 2 is 1.57 bits per heavy atom. The predicted molar refractivity (Wildman–Crippen MR) is 248 cm³/mol. The molecule has 1 nitrogen and oxygen atoms in total. The van der Waals surface area contributed by atoms with E-state index < -0.39 is 0 Å². The van der Waals surface area contributed by atoms with Gasteiger partial charge in [-0.05, 0) is 78.0 Å². The van der Waals surface area contributed by atoms with Crippen LogP contribution in [-0.2, 0) is 17.4 Å². The molecule has 5 heterocycles. The Bertz CT molecular complexity index is 2170. The first kappa shape index (κ1) is 39.7. The van der Waals surface area contributed by atoms with E-state index >= 15 is 0 Å². The molecule has 0 spiro atoms. The fraction of sp³-hybridized carbons (Fsp3) is 0.500. The Hall–Kier alpha value is -1.48. The normalized spacial score (nSPS) is 18.5. The minimum atomic E-state index is 0.0424. The summed E-state index contributed by atoms with van der Waals surface area (Å²) in [7, 11) is 0. The number of fused-ring (bicyclic) bond motifs is 5. The molecule has 0 bridgehead atoms. The summed E-state index contributed by atoms with van der Waals surface area (Å²) in [4.78, 5) is 9.06. The number of rotatable bonds is 15. The van der Waals surface area contributed by atoms with Crippen molar-refractivity contribution >= 4 is 96.3 Å². The molecule has 7 heteroatoms. The zero-order chi connectivity index (χ0) is 37.7. The highest BCUT2D eigenvalue weighted by Gasteiger charge is 2.35. The van der Waals surface area contributed by atoms with Crippen LogP contribution in [0.2, 0.25) is 0 Å². The number of unbranched alkanes of at least 4 members (excludes halogenated alkanes) is 4. The summed E-state index contributed by atoms with van der Waals surface area (Å²) in [5.74, 6) is 0.670. The molecule has 0 saturated heterocycles. The maximum absolute atomic E-state index is 6.18. The second-order valence-electron chi connectivity index (χ2n) is 16.8. The molecule has 5 aromatic rings. The van der Waals surface area contributed by atoms with Gasteiger partial charge in [-0.3, -0.25) is 0 Å². The number of thiophene rings is 2. The van der Waals surface area contributed by atoms with E-state index in [1.165, 1.54) is 131 Å². The SMILES string of the molecule is CCCCCCC(C)(C)c1ccc2c(c1)S/C(=C1/Sc3cc(-c4cc5c(s4)c4sc(C(C)(CC)CCCC)cc4n5CCC(C)C)ccc3C1S)C2=S. The Kier molecular flexibility index (Phi) is 12.1. The fourth-order valence-corrected chi connectivity index (χ4v) is 14.5. The lowest BCUT2D eigenvalue weighted by atomic mass is 9.79. The minimum absolute atomic E-state index is 0.0424. The lowest BCUT2D eigenvalue weighted by molar-refractivity contribution is 0.411. The zero-order valence-electron chi connectivity index (χ0n) is 33.0. The highest BCUT2D eigenvalue weighted by molar-refractivity contribution is 8.09. The number of thioether (sulfide) groups is 2. The summed E-state index contributed by atoms with van der Waals surface area (Å²) in [6.45, 7) is 20.0. The Balaban J connectivity index is 1.18. The van der Waals surface area contributed by atoms with Crippen molar-refractivity contribution < 1.29 is 0 Å². The first-order chi connectivity index (χ1) is 25.4. The average molecular weight is 816 g/mol. The van der Waals surface area contributed by atoms with Crippen LogP contribution in [-0.4, -0.2) is 9.43 Å². The number of thiol groups is 1. The van der Waals surface area contributed by atoms with Crippen LogP contribution in [0, 0.1) is 5.92 Å². The smallest absolute Gasteiger partial charge is 0.0707 e. The van der Waals surface area contributed by atoms with Gasteiger partial charge in [0.2, 0.25) is 0 Å². The van der Waals surface area contributed by atoms with Gasteiger partial charge in [-0.25, -0.2) is 0 Å². The summed E-state index contributed by atoms with van der Waals surface area (Å²) >= 11 is 19.2. The molecule has 0 radical (unpaired) electrons. The molecule has 2 unspecified atom stereocenters. The van der Waals surface area contributed by atoms with Crippen molar-refractivity contribution in [1.82, 2.24) is 4.57 Å². The summed E-state index contributed by atoms with van der Waals surface area (Å²) in [5, 5.41) is 0.0424. The van der Waals surface area contributed by atoms with Gasteiger partial charge in [-0.1, -0.05) is 154 Å². The van der Waals surface area contributed by atoms with Gasteiger partial charge in [-0.15, -0.1) is 22.7 Å². The van der Waals surface area contributed by atoms with Crippen molar-refractivity contribution in [2.75, 3.05) is 0 Å². The number of nitrogens with zero attached hydrogens (tertiary/aromatic N) is 1. The third-order valence-corrected chi connectivity index (χ3v) is 18.5. The van der Waals surface area contributed by atoms with E-state index in [1.807, 2.05) is 34.9 Å². The topological polar surface area (TPSA) is 4.93 Å². The van der Waals surface area contributed by atoms with Crippen molar-refractivity contribution in [2.24, 2.45) is 5.92 Å². The van der Waals surface area contributed by atoms with Gasteiger partial charge < -0.3 is 4.57 Å². The Labute approximate surface area is 346 Å². The van der Waals surface area contributed by atoms with Crippen LogP contribution in [0.25, 0.3) is 30.9 Å². The van der Waals surface area contributed by atoms with E-state index in [2.05, 4.69) is 120 Å². The molecule has 53 heavy (non-hydrogen) atoms. The predicted octanol–water partition coefficient (Wildman–Crippen LogP) is 16.5. The Morgan fingerprint density at radius 1 is 0.811 bits per heavy atom. The number of benzene rings is 2. The first-order valence-electron chi connectivity index (χ1n) is 20.1. The van der Waals surface area contributed by atoms with Gasteiger partial charge in [0.15, 0.2) is 0 Å². The third kappa shape index (κ3) is 7.67. The van der Waals surface area contributed by atoms with Crippen molar-refractivity contribution in [3.8, 4) is 10.4 Å². The third-order valence-electron chi connectivity index (χ3n) is 12.0. The molecule has 0 saturated carbocycles. The number of hydrogen-bond donors (Lipinski definition) is 1. The number of thiocarbonyl (C=S) groups is 1. The molecule has 0 fully saturated rings. The molecule has 2 aliphatic rings. The molecular formula is C46H57NS6. The molecule has 0 amide bonds. The number of allylic oxidation sites excluding steroid dienone is 1. The van der Waals surface area contributed by atoms with Crippen molar-refractivity contribution in [3.05, 3.63) is 79.9 Å². The summed E-state index contributed by atoms with van der Waals surface area (Å²) < 4.78 is 5.59. The van der Waals surface area contributed by atoms with Gasteiger partial charge in [0.25, 0.3) is 0 Å². The van der Waals surface area contributed by atoms with Crippen molar-refractivity contribution in [3.63, 3.8) is 0 Å². The molecule has 0 N–H and O–H groups in total. The fourth-order valence-electron chi connectivity index (χ4n) is 8.01. The van der Waals surface area contributed by atoms with Gasteiger partial charge in [0.1, 0.15) is 0 Å². The Morgan fingerprint density at radius 3 is 2.30 bits per heavy atom. The highest BCUT2D eigenvalue weighted by atomic mass is 32.2. The van der Waals surface area contributed by atoms with E-state index in [0.717, 1.165) is 11.4 Å². The van der Waals surface area contributed by atoms with Crippen LogP contribution in [0.3, 0.4) is 0 Å². The van der Waals surface area contributed by atoms with E-state index in [9.17, 15) is 0 Å². The second-order valence-corrected chi connectivity index (χ2v) is 22.0. The van der Waals surface area contributed by atoms with E-state index in [4.69, 9.17) is 24.8 Å². The maximum Gasteiger partial charge on any atom is 0.0707 e. The average Bonchev–Trinajstić information content (AvgIpc) is 3.95. The first-order valence-corrected chi connectivity index (χ1v) is 24.3. The van der Waals surface area contributed by atoms with Gasteiger partial charge in [0, 0.05) is 46.9 Å². The van der Waals surface area contributed by atoms with Crippen LogP contribution < -0.4 is 0 Å². The molecule has 0 aliphatic carbocycles. The quantitative estimate of drug-likeness (QED) is 0.0486. The van der Waals surface area contributed by atoms with Crippen LogP contribution in [0.1, 0.15) is 146 Å². The van der Waals surface area contributed by atoms with Crippen LogP contribution in [0.5, 0.6) is 0 Å². The summed E-state index contributed by atoms with van der Waals surface area (Å²) in [5.41, 5.74) is 8.51. The molecule has 7 rings (SSSR count). The largest absolute Gasteiger partial charge is 0.339 e. The van der Waals surface area contributed by atoms with E-state index in [-0.39, 0.29) is 16.1 Å². The van der Waals surface area contributed by atoms with E-state index in [0.29, 0.717) is 5.92 Å². The lowest BCUT2D eigenvalue weighted by Gasteiger charge is -2.27. The summed E-state index contributed by atoms with van der Waals surface area (Å²) in [6, 6.07) is 19.2. The van der Waals surface area contributed by atoms with Crippen molar-refractivity contribution in [1.29, 1.82) is 0 Å². The molecule has 2 aliphatic heterocycles. The van der Waals surface area contributed by atoms with Crippen LogP contribution >= 0.6 is 71.0 Å². The standard InChI is InChI=1S/C46H57NS6/c1-9-12-14-15-21-45(6,7)30-17-19-32-37(25-30)52-44(40(32)49)43-39(48)31-18-16-29(24-36(31)51-43)35-26-33-41(50-35)42-34(47(33)23-20-28(4)5)27-38(53-42)46(8,11-3)22-13-10-2/h16-19,24-28,39,48H,9-15,20-23H2,1-8H3/b44-43+.